The molecule has 7 heteroatoms. The monoisotopic (exact) mass is 406 g/mol. The fourth-order valence-electron chi connectivity index (χ4n) is 4.15. The average Bonchev–Trinajstić information content (AvgIpc) is 2.70. The van der Waals surface area contributed by atoms with Crippen LogP contribution in [0.25, 0.3) is 0 Å². The van der Waals surface area contributed by atoms with E-state index in [1.807, 2.05) is 12.1 Å². The van der Waals surface area contributed by atoms with E-state index >= 15 is 0 Å². The Bertz CT molecular complexity index is 776. The molecule has 28 heavy (non-hydrogen) atoms. The van der Waals surface area contributed by atoms with Gasteiger partial charge in [0.25, 0.3) is 0 Å². The van der Waals surface area contributed by atoms with Gasteiger partial charge in [-0.1, -0.05) is 38.0 Å². The molecule has 1 saturated carbocycles. The summed E-state index contributed by atoms with van der Waals surface area (Å²) in [4.78, 5) is 4.72. The summed E-state index contributed by atoms with van der Waals surface area (Å²) >= 11 is 0. The Morgan fingerprint density at radius 3 is 2.43 bits per heavy atom. The Hall–Kier alpha value is -1.60. The normalized spacial score (nSPS) is 20.4. The first kappa shape index (κ1) is 21.1. The summed E-state index contributed by atoms with van der Waals surface area (Å²) in [6.45, 7) is 4.83. The molecule has 1 saturated heterocycles. The molecular weight excluding hydrogens is 372 g/mol. The molecule has 0 radical (unpaired) electrons. The van der Waals surface area contributed by atoms with Crippen LogP contribution >= 0.6 is 0 Å². The molecule has 1 aliphatic carbocycles. The maximum atomic E-state index is 13.1. The van der Waals surface area contributed by atoms with Crippen LogP contribution in [0.5, 0.6) is 0 Å². The van der Waals surface area contributed by atoms with E-state index in [9.17, 15) is 8.42 Å². The van der Waals surface area contributed by atoms with Gasteiger partial charge in [-0.3, -0.25) is 4.99 Å². The number of nitrogens with zero attached hydrogens (tertiary/aromatic N) is 2. The molecule has 0 spiro atoms. The SMILES string of the molecule is CCC1(CNC(=NC)NCc2ccccc2S(=O)(=O)N2CCCCC2)CCC1. The second-order valence-electron chi connectivity index (χ2n) is 8.06. The molecular formula is C21H34N4O2S. The number of aliphatic imine (C=N–C) groups is 1. The number of sulfonamides is 1. The first-order chi connectivity index (χ1) is 13.5. The van der Waals surface area contributed by atoms with Gasteiger partial charge in [0, 0.05) is 33.2 Å². The van der Waals surface area contributed by atoms with E-state index in [1.165, 1.54) is 25.7 Å². The minimum Gasteiger partial charge on any atom is -0.356 e. The van der Waals surface area contributed by atoms with E-state index in [-0.39, 0.29) is 0 Å². The van der Waals surface area contributed by atoms with Crippen molar-refractivity contribution in [1.29, 1.82) is 0 Å². The predicted octanol–water partition coefficient (Wildman–Crippen LogP) is 3.11. The van der Waals surface area contributed by atoms with Crippen molar-refractivity contribution in [2.24, 2.45) is 10.4 Å². The second-order valence-corrected chi connectivity index (χ2v) is 9.97. The Morgan fingerprint density at radius 1 is 1.11 bits per heavy atom. The van der Waals surface area contributed by atoms with Gasteiger partial charge in [-0.05, 0) is 49.1 Å². The Kier molecular flexibility index (Phi) is 6.99. The van der Waals surface area contributed by atoms with Crippen LogP contribution in [-0.4, -0.2) is 45.4 Å². The van der Waals surface area contributed by atoms with Crippen molar-refractivity contribution in [1.82, 2.24) is 14.9 Å². The standard InChI is InChI=1S/C21H34N4O2S/c1-3-21(12-9-13-21)17-24-20(22-2)23-16-18-10-5-6-11-19(18)28(26,27)25-14-7-4-8-15-25/h5-6,10-11H,3-4,7-9,12-17H2,1-2H3,(H2,22,23,24). The molecule has 0 aromatic heterocycles. The smallest absolute Gasteiger partial charge is 0.243 e. The number of guanidine groups is 1. The summed E-state index contributed by atoms with van der Waals surface area (Å²) < 4.78 is 27.9. The third-order valence-corrected chi connectivity index (χ3v) is 8.37. The molecule has 6 nitrogen and oxygen atoms in total. The van der Waals surface area contributed by atoms with Crippen LogP contribution in [0.4, 0.5) is 0 Å². The zero-order valence-corrected chi connectivity index (χ0v) is 18.0. The molecule has 1 aromatic carbocycles. The van der Waals surface area contributed by atoms with Gasteiger partial charge in [-0.25, -0.2) is 8.42 Å². The molecule has 0 bridgehead atoms. The van der Waals surface area contributed by atoms with Crippen LogP contribution in [-0.2, 0) is 16.6 Å². The van der Waals surface area contributed by atoms with Crippen LogP contribution in [0.3, 0.4) is 0 Å². The summed E-state index contributed by atoms with van der Waals surface area (Å²) in [6.07, 6.45) is 8.01. The van der Waals surface area contributed by atoms with E-state index < -0.39 is 10.0 Å². The lowest BCUT2D eigenvalue weighted by molar-refractivity contribution is 0.131. The number of rotatable bonds is 7. The Labute approximate surface area is 169 Å². The van der Waals surface area contributed by atoms with E-state index in [0.29, 0.717) is 29.9 Å². The summed E-state index contributed by atoms with van der Waals surface area (Å²) in [5.41, 5.74) is 1.18. The molecule has 2 N–H and O–H groups in total. The number of nitrogens with one attached hydrogen (secondary N) is 2. The highest BCUT2D eigenvalue weighted by atomic mass is 32.2. The Balaban J connectivity index is 1.65. The van der Waals surface area contributed by atoms with Gasteiger partial charge in [0.1, 0.15) is 0 Å². The van der Waals surface area contributed by atoms with Crippen LogP contribution in [0.15, 0.2) is 34.2 Å². The van der Waals surface area contributed by atoms with Crippen LogP contribution in [0.2, 0.25) is 0 Å². The highest BCUT2D eigenvalue weighted by molar-refractivity contribution is 7.89. The minimum atomic E-state index is -3.45. The van der Waals surface area contributed by atoms with Crippen molar-refractivity contribution < 1.29 is 8.42 Å². The zero-order valence-electron chi connectivity index (χ0n) is 17.2. The van der Waals surface area contributed by atoms with E-state index in [0.717, 1.165) is 37.3 Å². The summed E-state index contributed by atoms with van der Waals surface area (Å²) in [7, 11) is -1.69. The quantitative estimate of drug-likeness (QED) is 0.539. The number of hydrogen-bond acceptors (Lipinski definition) is 3. The molecule has 0 unspecified atom stereocenters. The van der Waals surface area contributed by atoms with Gasteiger partial charge in [0.15, 0.2) is 5.96 Å². The van der Waals surface area contributed by atoms with Gasteiger partial charge in [-0.15, -0.1) is 0 Å². The molecule has 2 aliphatic rings. The number of piperidine rings is 1. The molecule has 1 aliphatic heterocycles. The van der Waals surface area contributed by atoms with Crippen molar-refractivity contribution in [3.63, 3.8) is 0 Å². The van der Waals surface area contributed by atoms with Crippen molar-refractivity contribution in [2.45, 2.75) is 63.3 Å². The Morgan fingerprint density at radius 2 is 1.82 bits per heavy atom. The number of hydrogen-bond donors (Lipinski definition) is 2. The van der Waals surface area contributed by atoms with Crippen molar-refractivity contribution in [2.75, 3.05) is 26.7 Å². The van der Waals surface area contributed by atoms with E-state index in [2.05, 4.69) is 22.5 Å². The molecule has 1 heterocycles. The van der Waals surface area contributed by atoms with Crippen LogP contribution < -0.4 is 10.6 Å². The lowest BCUT2D eigenvalue weighted by Gasteiger charge is -2.41. The molecule has 156 valence electrons. The van der Waals surface area contributed by atoms with Gasteiger partial charge in [0.2, 0.25) is 10.0 Å². The van der Waals surface area contributed by atoms with Gasteiger partial charge in [-0.2, -0.15) is 4.31 Å². The molecule has 3 rings (SSSR count). The summed E-state index contributed by atoms with van der Waals surface area (Å²) in [5, 5.41) is 6.74. The third-order valence-electron chi connectivity index (χ3n) is 6.37. The van der Waals surface area contributed by atoms with E-state index in [4.69, 9.17) is 0 Å². The first-order valence-corrected chi connectivity index (χ1v) is 12.0. The second kappa shape index (κ2) is 9.27. The molecule has 0 amide bonds. The topological polar surface area (TPSA) is 73.8 Å². The van der Waals surface area contributed by atoms with Crippen molar-refractivity contribution in [3.8, 4) is 0 Å². The van der Waals surface area contributed by atoms with Crippen molar-refractivity contribution in [3.05, 3.63) is 29.8 Å². The lowest BCUT2D eigenvalue weighted by atomic mass is 9.67. The first-order valence-electron chi connectivity index (χ1n) is 10.5. The third kappa shape index (κ3) is 4.69. The van der Waals surface area contributed by atoms with E-state index in [1.54, 1.807) is 23.5 Å². The zero-order chi connectivity index (χ0) is 20.0. The van der Waals surface area contributed by atoms with Gasteiger partial charge < -0.3 is 10.6 Å². The highest BCUT2D eigenvalue weighted by Gasteiger charge is 2.35. The van der Waals surface area contributed by atoms with Crippen molar-refractivity contribution >= 4 is 16.0 Å². The van der Waals surface area contributed by atoms with Crippen LogP contribution in [0, 0.1) is 5.41 Å². The molecule has 2 fully saturated rings. The highest BCUT2D eigenvalue weighted by Crippen LogP contribution is 2.43. The fourth-order valence-corrected chi connectivity index (χ4v) is 5.89. The average molecular weight is 407 g/mol. The minimum absolute atomic E-state index is 0.396. The van der Waals surface area contributed by atoms with Gasteiger partial charge >= 0.3 is 0 Å². The number of benzene rings is 1. The van der Waals surface area contributed by atoms with Gasteiger partial charge in [0.05, 0.1) is 4.90 Å². The maximum Gasteiger partial charge on any atom is 0.243 e. The van der Waals surface area contributed by atoms with Crippen LogP contribution in [0.1, 0.15) is 57.4 Å². The fraction of sp³-hybridized carbons (Fsp3) is 0.667. The molecule has 1 aromatic rings. The lowest BCUT2D eigenvalue weighted by Crippen LogP contribution is -2.46. The summed E-state index contributed by atoms with van der Waals surface area (Å²) in [5.74, 6) is 0.727. The summed E-state index contributed by atoms with van der Waals surface area (Å²) in [6, 6.07) is 7.30. The maximum absolute atomic E-state index is 13.1. The molecule has 0 atom stereocenters. The predicted molar refractivity (Wildman–Crippen MR) is 114 cm³/mol. The largest absolute Gasteiger partial charge is 0.356 e.